The van der Waals surface area contributed by atoms with Crippen LogP contribution in [0.4, 0.5) is 5.69 Å². The molecule has 0 unspecified atom stereocenters. The van der Waals surface area contributed by atoms with E-state index in [-0.39, 0.29) is 5.91 Å². The standard InChI is InChI=1S/C23H30N2OS/c1-15-19-13-23(2,3)10-9-20(19)27-22(15)18-8-7-17(12-16(18)14-24)25-11-5-4-6-21(25)26/h7-8,12H,4-6,9-11,13-14,24H2,1-3H3. The lowest BCUT2D eigenvalue weighted by Crippen LogP contribution is -2.35. The zero-order valence-electron chi connectivity index (χ0n) is 16.7. The van der Waals surface area contributed by atoms with Gasteiger partial charge in [-0.1, -0.05) is 19.9 Å². The minimum Gasteiger partial charge on any atom is -0.326 e. The Bertz CT molecular complexity index is 881. The summed E-state index contributed by atoms with van der Waals surface area (Å²) in [4.78, 5) is 17.2. The first kappa shape index (κ1) is 18.7. The zero-order valence-corrected chi connectivity index (χ0v) is 17.5. The molecule has 1 saturated heterocycles. The highest BCUT2D eigenvalue weighted by molar-refractivity contribution is 7.16. The number of nitrogens with zero attached hydrogens (tertiary/aromatic N) is 1. The molecule has 1 aliphatic carbocycles. The average Bonchev–Trinajstić information content (AvgIpc) is 2.96. The highest BCUT2D eigenvalue weighted by Crippen LogP contribution is 2.45. The van der Waals surface area contributed by atoms with Gasteiger partial charge in [0.25, 0.3) is 0 Å². The van der Waals surface area contributed by atoms with E-state index in [2.05, 4.69) is 39.0 Å². The van der Waals surface area contributed by atoms with E-state index in [1.54, 1.807) is 10.4 Å². The van der Waals surface area contributed by atoms with E-state index in [0.29, 0.717) is 18.4 Å². The molecule has 3 nitrogen and oxygen atoms in total. The lowest BCUT2D eigenvalue weighted by Gasteiger charge is -2.29. The molecular weight excluding hydrogens is 352 g/mol. The third-order valence-corrected chi connectivity index (χ3v) is 7.65. The molecule has 144 valence electrons. The molecule has 0 bridgehead atoms. The summed E-state index contributed by atoms with van der Waals surface area (Å²) in [5.74, 6) is 0.238. The number of carbonyl (C=O) groups is 1. The number of rotatable bonds is 3. The molecule has 1 fully saturated rings. The summed E-state index contributed by atoms with van der Waals surface area (Å²) in [6.07, 6.45) is 6.37. The fourth-order valence-corrected chi connectivity index (χ4v) is 5.92. The van der Waals surface area contributed by atoms with Gasteiger partial charge in [-0.25, -0.2) is 0 Å². The normalized spacial score (nSPS) is 19.3. The van der Waals surface area contributed by atoms with Crippen LogP contribution in [0.2, 0.25) is 0 Å². The van der Waals surface area contributed by atoms with E-state index in [4.69, 9.17) is 5.73 Å². The monoisotopic (exact) mass is 382 g/mol. The van der Waals surface area contributed by atoms with E-state index in [1.807, 2.05) is 16.2 Å². The van der Waals surface area contributed by atoms with Crippen molar-refractivity contribution in [3.05, 3.63) is 39.8 Å². The SMILES string of the molecule is Cc1c(-c2ccc(N3CCCCC3=O)cc2CN)sc2c1CC(C)(C)CC2. The number of nitrogens with two attached hydrogens (primary N) is 1. The number of piperidine rings is 1. The number of fused-ring (bicyclic) bond motifs is 1. The summed E-state index contributed by atoms with van der Waals surface area (Å²) in [6.45, 7) is 8.35. The molecule has 1 aliphatic heterocycles. The van der Waals surface area contributed by atoms with Gasteiger partial charge in [0.1, 0.15) is 0 Å². The Balaban J connectivity index is 1.73. The third-order valence-electron chi connectivity index (χ3n) is 6.23. The number of anilines is 1. The lowest BCUT2D eigenvalue weighted by molar-refractivity contribution is -0.119. The van der Waals surface area contributed by atoms with Gasteiger partial charge in [0.15, 0.2) is 0 Å². The summed E-state index contributed by atoms with van der Waals surface area (Å²) in [5, 5.41) is 0. The number of thiophene rings is 1. The number of benzene rings is 1. The molecule has 2 aromatic rings. The molecule has 2 aliphatic rings. The maximum Gasteiger partial charge on any atom is 0.226 e. The second-order valence-corrected chi connectivity index (χ2v) is 9.95. The summed E-state index contributed by atoms with van der Waals surface area (Å²) < 4.78 is 0. The first-order valence-corrected chi connectivity index (χ1v) is 11.0. The maximum atomic E-state index is 12.3. The fourth-order valence-electron chi connectivity index (χ4n) is 4.53. The van der Waals surface area contributed by atoms with E-state index in [9.17, 15) is 4.79 Å². The molecule has 1 aromatic carbocycles. The van der Waals surface area contributed by atoms with Crippen LogP contribution in [-0.2, 0) is 24.2 Å². The van der Waals surface area contributed by atoms with Crippen LogP contribution >= 0.6 is 11.3 Å². The number of aryl methyl sites for hydroxylation is 1. The van der Waals surface area contributed by atoms with E-state index in [0.717, 1.165) is 30.6 Å². The van der Waals surface area contributed by atoms with Crippen molar-refractivity contribution in [2.24, 2.45) is 11.1 Å². The van der Waals surface area contributed by atoms with Crippen LogP contribution in [0.1, 0.15) is 61.1 Å². The number of hydrogen-bond donors (Lipinski definition) is 1. The van der Waals surface area contributed by atoms with Gasteiger partial charge in [-0.05, 0) is 78.8 Å². The second kappa shape index (κ2) is 7.06. The van der Waals surface area contributed by atoms with Crippen LogP contribution in [0.25, 0.3) is 10.4 Å². The first-order chi connectivity index (χ1) is 12.9. The van der Waals surface area contributed by atoms with Gasteiger partial charge in [-0.15, -0.1) is 11.3 Å². The van der Waals surface area contributed by atoms with Gasteiger partial charge in [0.05, 0.1) is 0 Å². The van der Waals surface area contributed by atoms with Crippen LogP contribution in [0.3, 0.4) is 0 Å². The smallest absolute Gasteiger partial charge is 0.226 e. The Morgan fingerprint density at radius 3 is 2.78 bits per heavy atom. The van der Waals surface area contributed by atoms with Gasteiger partial charge >= 0.3 is 0 Å². The van der Waals surface area contributed by atoms with Crippen molar-refractivity contribution in [3.63, 3.8) is 0 Å². The van der Waals surface area contributed by atoms with Gasteiger partial charge < -0.3 is 10.6 Å². The molecule has 1 amide bonds. The van der Waals surface area contributed by atoms with Crippen molar-refractivity contribution < 1.29 is 4.79 Å². The third kappa shape index (κ3) is 3.45. The quantitative estimate of drug-likeness (QED) is 0.791. The molecule has 4 heteroatoms. The Morgan fingerprint density at radius 1 is 1.22 bits per heavy atom. The predicted molar refractivity (Wildman–Crippen MR) is 114 cm³/mol. The highest BCUT2D eigenvalue weighted by atomic mass is 32.1. The van der Waals surface area contributed by atoms with Gasteiger partial charge in [0.2, 0.25) is 5.91 Å². The summed E-state index contributed by atoms with van der Waals surface area (Å²) in [5.41, 5.74) is 12.9. The van der Waals surface area contributed by atoms with Gasteiger partial charge in [-0.3, -0.25) is 4.79 Å². The van der Waals surface area contributed by atoms with E-state index >= 15 is 0 Å². The van der Waals surface area contributed by atoms with Crippen LogP contribution in [0, 0.1) is 12.3 Å². The van der Waals surface area contributed by atoms with Crippen LogP contribution in [0.5, 0.6) is 0 Å². The van der Waals surface area contributed by atoms with Crippen LogP contribution in [-0.4, -0.2) is 12.5 Å². The predicted octanol–water partition coefficient (Wildman–Crippen LogP) is 5.21. The molecule has 2 heterocycles. The molecule has 0 saturated carbocycles. The number of hydrogen-bond acceptors (Lipinski definition) is 3. The fraction of sp³-hybridized carbons (Fsp3) is 0.522. The van der Waals surface area contributed by atoms with Crippen molar-refractivity contribution >= 4 is 22.9 Å². The Kier molecular flexibility index (Phi) is 4.89. The van der Waals surface area contributed by atoms with Crippen molar-refractivity contribution in [3.8, 4) is 10.4 Å². The minimum atomic E-state index is 0.238. The molecular formula is C23H30N2OS. The molecule has 0 radical (unpaired) electrons. The lowest BCUT2D eigenvalue weighted by atomic mass is 9.76. The molecule has 4 rings (SSSR count). The Morgan fingerprint density at radius 2 is 2.04 bits per heavy atom. The topological polar surface area (TPSA) is 46.3 Å². The minimum absolute atomic E-state index is 0.238. The van der Waals surface area contributed by atoms with Gasteiger partial charge in [-0.2, -0.15) is 0 Å². The maximum absolute atomic E-state index is 12.3. The summed E-state index contributed by atoms with van der Waals surface area (Å²) in [7, 11) is 0. The highest BCUT2D eigenvalue weighted by Gasteiger charge is 2.30. The second-order valence-electron chi connectivity index (χ2n) is 8.85. The first-order valence-electron chi connectivity index (χ1n) is 10.1. The van der Waals surface area contributed by atoms with Crippen molar-refractivity contribution in [2.45, 2.75) is 65.8 Å². The van der Waals surface area contributed by atoms with Crippen LogP contribution in [0.15, 0.2) is 18.2 Å². The Labute approximate surface area is 166 Å². The molecule has 0 atom stereocenters. The Hall–Kier alpha value is -1.65. The molecule has 2 N–H and O–H groups in total. The summed E-state index contributed by atoms with van der Waals surface area (Å²) >= 11 is 1.95. The van der Waals surface area contributed by atoms with E-state index in [1.165, 1.54) is 35.3 Å². The van der Waals surface area contributed by atoms with Crippen molar-refractivity contribution in [1.82, 2.24) is 0 Å². The molecule has 1 aromatic heterocycles. The number of amides is 1. The zero-order chi connectivity index (χ0) is 19.2. The van der Waals surface area contributed by atoms with E-state index < -0.39 is 0 Å². The number of carbonyl (C=O) groups excluding carboxylic acids is 1. The summed E-state index contributed by atoms with van der Waals surface area (Å²) in [6, 6.07) is 6.44. The van der Waals surface area contributed by atoms with Crippen molar-refractivity contribution in [1.29, 1.82) is 0 Å². The van der Waals surface area contributed by atoms with Crippen molar-refractivity contribution in [2.75, 3.05) is 11.4 Å². The van der Waals surface area contributed by atoms with Gasteiger partial charge in [0, 0.05) is 35.0 Å². The van der Waals surface area contributed by atoms with Crippen LogP contribution < -0.4 is 10.6 Å². The largest absolute Gasteiger partial charge is 0.326 e. The molecule has 0 spiro atoms. The average molecular weight is 383 g/mol. The molecule has 27 heavy (non-hydrogen) atoms.